The van der Waals surface area contributed by atoms with Crippen molar-refractivity contribution in [3.05, 3.63) is 216 Å². The molecule has 0 bridgehead atoms. The number of fused-ring (bicyclic) bond motifs is 7. The van der Waals surface area contributed by atoms with Gasteiger partial charge in [0.1, 0.15) is 0 Å². The zero-order chi connectivity index (χ0) is 55.1. The quantitative estimate of drug-likeness (QED) is 0.113. The zero-order valence-corrected chi connectivity index (χ0v) is 49.6. The molecule has 0 saturated carbocycles. The Kier molecular flexibility index (Phi) is 13.9. The summed E-state index contributed by atoms with van der Waals surface area (Å²) in [4.78, 5) is 21.0. The minimum absolute atomic E-state index is 0. The summed E-state index contributed by atoms with van der Waals surface area (Å²) in [5.41, 5.74) is 20.7. The van der Waals surface area contributed by atoms with Gasteiger partial charge in [-0.2, -0.15) is 0 Å². The van der Waals surface area contributed by atoms with Crippen molar-refractivity contribution in [1.29, 1.82) is 0 Å². The smallest absolute Gasteiger partial charge is 0.497 e. The van der Waals surface area contributed by atoms with E-state index in [9.17, 15) is 0 Å². The van der Waals surface area contributed by atoms with Crippen molar-refractivity contribution in [2.45, 2.75) is 92.9 Å². The van der Waals surface area contributed by atoms with Crippen molar-refractivity contribution in [3.8, 4) is 67.9 Å². The minimum atomic E-state index is 0. The van der Waals surface area contributed by atoms with Crippen molar-refractivity contribution in [2.75, 3.05) is 0 Å². The van der Waals surface area contributed by atoms with Crippen LogP contribution in [0.1, 0.15) is 113 Å². The molecule has 0 radical (unpaired) electrons. The fourth-order valence-corrected chi connectivity index (χ4v) is 11.7. The standard InChI is InChI=1S/C72H62N6O2.Pt/c1-41(2)55-35-50(47-22-13-11-14-23-47)36-56(42(3)4)67(55)77-63-30-19-17-28-61(63)75-70(77)49-26-21-27-52(34-49)79-53-39-59-65-54-33-32-45(9)73-66(54)46(10)74-72(65)80-69(59)60(40-53)71-76-62-29-18-20-31-64(62)78(71)68-57(43(5)6)37-51(38-58(68)44(7)8)48-24-15-12-16-25-48;/h11-33,35-39,41-44H,1-10H3;/q-2;+2. The Morgan fingerprint density at radius 3 is 1.51 bits per heavy atom. The third-order valence-corrected chi connectivity index (χ3v) is 15.7. The molecule has 9 heteroatoms. The van der Waals surface area contributed by atoms with E-state index in [1.807, 2.05) is 44.2 Å². The molecule has 0 N–H and O–H groups in total. The summed E-state index contributed by atoms with van der Waals surface area (Å²) in [6.07, 6.45) is 0. The van der Waals surface area contributed by atoms with Crippen LogP contribution in [-0.4, -0.2) is 29.1 Å². The van der Waals surface area contributed by atoms with E-state index in [1.165, 1.54) is 44.5 Å². The molecule has 402 valence electrons. The van der Waals surface area contributed by atoms with Crippen LogP contribution in [0, 0.1) is 26.0 Å². The molecule has 0 fully saturated rings. The number of pyridine rings is 2. The Hall–Kier alpha value is -8.45. The Morgan fingerprint density at radius 1 is 0.457 bits per heavy atom. The molecule has 13 aromatic rings. The van der Waals surface area contributed by atoms with Gasteiger partial charge in [-0.3, -0.25) is 15.0 Å². The van der Waals surface area contributed by atoms with Gasteiger partial charge in [0.15, 0.2) is 0 Å². The molecule has 5 heterocycles. The molecule has 5 aromatic heterocycles. The van der Waals surface area contributed by atoms with Crippen molar-refractivity contribution >= 4 is 55.0 Å². The van der Waals surface area contributed by atoms with Gasteiger partial charge in [-0.25, -0.2) is 4.98 Å². The molecule has 0 aliphatic heterocycles. The van der Waals surface area contributed by atoms with Crippen LogP contribution in [0.15, 0.2) is 174 Å². The summed E-state index contributed by atoms with van der Waals surface area (Å²) < 4.78 is 18.8. The van der Waals surface area contributed by atoms with Gasteiger partial charge in [0, 0.05) is 39.3 Å². The Morgan fingerprint density at radius 2 is 0.963 bits per heavy atom. The topological polar surface area (TPSA) is 83.8 Å². The van der Waals surface area contributed by atoms with Crippen LogP contribution in [0.5, 0.6) is 11.5 Å². The van der Waals surface area contributed by atoms with E-state index >= 15 is 0 Å². The summed E-state index contributed by atoms with van der Waals surface area (Å²) in [6, 6.07) is 67.3. The minimum Gasteiger partial charge on any atom is -0.497 e. The van der Waals surface area contributed by atoms with E-state index in [-0.39, 0.29) is 44.7 Å². The monoisotopic (exact) mass is 1240 g/mol. The van der Waals surface area contributed by atoms with E-state index in [2.05, 4.69) is 216 Å². The Bertz CT molecular complexity index is 4490. The maximum absolute atomic E-state index is 7.14. The molecule has 0 atom stereocenters. The number of ether oxygens (including phenoxy) is 1. The van der Waals surface area contributed by atoms with Gasteiger partial charge >= 0.3 is 21.1 Å². The van der Waals surface area contributed by atoms with Crippen molar-refractivity contribution in [1.82, 2.24) is 29.1 Å². The van der Waals surface area contributed by atoms with Gasteiger partial charge in [0.05, 0.1) is 50.5 Å². The first-order valence-electron chi connectivity index (χ1n) is 28.0. The normalized spacial score (nSPS) is 11.9. The van der Waals surface area contributed by atoms with Crippen LogP contribution in [0.3, 0.4) is 0 Å². The number of aromatic nitrogens is 6. The summed E-state index contributed by atoms with van der Waals surface area (Å²) in [6.45, 7) is 22.2. The maximum atomic E-state index is 7.14. The number of para-hydroxylation sites is 4. The van der Waals surface area contributed by atoms with E-state index in [0.29, 0.717) is 34.2 Å². The van der Waals surface area contributed by atoms with Crippen LogP contribution in [-0.2, 0) is 21.1 Å². The van der Waals surface area contributed by atoms with Crippen molar-refractivity contribution < 1.29 is 30.2 Å². The van der Waals surface area contributed by atoms with Gasteiger partial charge in [0.25, 0.3) is 0 Å². The summed E-state index contributed by atoms with van der Waals surface area (Å²) in [7, 11) is 0. The average molecular weight is 1240 g/mol. The SMILES string of the molecule is Cc1ccc2c(n1)c(C)nc1oc3c(-c4nc5ccccc5n4-c4c(C(C)C)cc(-c5ccccc5)cc4C(C)C)[c-]c(Oc4[c-]c(-c5nc6ccccc6n5-c5c(C(C)C)cc(-c6ccccc6)cc5C(C)C)ccc4)cc3c12.[Pt+2]. The molecule has 81 heavy (non-hydrogen) atoms. The van der Waals surface area contributed by atoms with Gasteiger partial charge in [-0.15, -0.1) is 23.8 Å². The second-order valence-electron chi connectivity index (χ2n) is 22.5. The largest absolute Gasteiger partial charge is 2.00 e. The first kappa shape index (κ1) is 53.2. The molecule has 0 spiro atoms. The zero-order valence-electron chi connectivity index (χ0n) is 47.3. The number of imidazole rings is 2. The number of nitrogens with zero attached hydrogens (tertiary/aromatic N) is 6. The molecule has 0 saturated heterocycles. The molecule has 8 nitrogen and oxygen atoms in total. The Labute approximate surface area is 487 Å². The summed E-state index contributed by atoms with van der Waals surface area (Å²) >= 11 is 0. The number of hydrogen-bond acceptors (Lipinski definition) is 6. The molecule has 0 amide bonds. The summed E-state index contributed by atoms with van der Waals surface area (Å²) in [5.74, 6) is 3.19. The first-order chi connectivity index (χ1) is 38.8. The number of hydrogen-bond donors (Lipinski definition) is 0. The molecule has 0 aliphatic rings. The number of rotatable bonds is 12. The van der Waals surface area contributed by atoms with Gasteiger partial charge in [-0.05, 0) is 142 Å². The second-order valence-corrected chi connectivity index (χ2v) is 22.5. The molecule has 0 aliphatic carbocycles. The van der Waals surface area contributed by atoms with Crippen LogP contribution in [0.25, 0.3) is 111 Å². The number of aryl methyl sites for hydroxylation is 2. The van der Waals surface area contributed by atoms with Gasteiger partial charge < -0.3 is 18.3 Å². The predicted molar refractivity (Wildman–Crippen MR) is 328 cm³/mol. The van der Waals surface area contributed by atoms with E-state index in [1.54, 1.807) is 0 Å². The molecule has 8 aromatic carbocycles. The molecular formula is C72H62N6O2Pt. The third kappa shape index (κ3) is 9.33. The van der Waals surface area contributed by atoms with E-state index in [0.717, 1.165) is 77.9 Å². The number of furan rings is 1. The predicted octanol–water partition coefficient (Wildman–Crippen LogP) is 19.4. The van der Waals surface area contributed by atoms with Crippen molar-refractivity contribution in [3.63, 3.8) is 0 Å². The maximum Gasteiger partial charge on any atom is 2.00 e. The Balaban J connectivity index is 0.00000651. The van der Waals surface area contributed by atoms with Gasteiger partial charge in [-0.1, -0.05) is 170 Å². The van der Waals surface area contributed by atoms with E-state index < -0.39 is 0 Å². The third-order valence-electron chi connectivity index (χ3n) is 15.7. The summed E-state index contributed by atoms with van der Waals surface area (Å²) in [5, 5.41) is 2.61. The average Bonchev–Trinajstić information content (AvgIpc) is 3.98. The fraction of sp³-hybridized carbons (Fsp3) is 0.194. The van der Waals surface area contributed by atoms with Crippen LogP contribution in [0.4, 0.5) is 0 Å². The van der Waals surface area contributed by atoms with Crippen LogP contribution in [0.2, 0.25) is 0 Å². The number of benzene rings is 8. The van der Waals surface area contributed by atoms with E-state index in [4.69, 9.17) is 29.1 Å². The second kappa shape index (κ2) is 21.2. The van der Waals surface area contributed by atoms with Crippen LogP contribution >= 0.6 is 0 Å². The first-order valence-corrected chi connectivity index (χ1v) is 28.0. The van der Waals surface area contributed by atoms with Gasteiger partial charge in [0.2, 0.25) is 5.71 Å². The van der Waals surface area contributed by atoms with Crippen molar-refractivity contribution in [2.24, 2.45) is 0 Å². The van der Waals surface area contributed by atoms with Crippen LogP contribution < -0.4 is 4.74 Å². The molecule has 13 rings (SSSR count). The molecule has 0 unspecified atom stereocenters. The molecular weight excluding hydrogens is 1180 g/mol. The fourth-order valence-electron chi connectivity index (χ4n) is 11.7.